The van der Waals surface area contributed by atoms with Gasteiger partial charge < -0.3 is 10.2 Å². The second-order valence-electron chi connectivity index (χ2n) is 4.82. The van der Waals surface area contributed by atoms with Crippen molar-refractivity contribution in [3.05, 3.63) is 5.28 Å². The average molecular weight is 288 g/mol. The van der Waals surface area contributed by atoms with Crippen LogP contribution < -0.4 is 10.2 Å². The molecule has 0 bridgehead atoms. The van der Waals surface area contributed by atoms with Gasteiger partial charge in [0, 0.05) is 30.6 Å². The van der Waals surface area contributed by atoms with Gasteiger partial charge in [-0.05, 0) is 18.0 Å². The van der Waals surface area contributed by atoms with Gasteiger partial charge in [-0.3, -0.25) is 0 Å². The summed E-state index contributed by atoms with van der Waals surface area (Å²) in [6.45, 7) is 6.45. The lowest BCUT2D eigenvalue weighted by atomic mass is 10.1. The summed E-state index contributed by atoms with van der Waals surface area (Å²) in [5.41, 5.74) is 0. The first-order chi connectivity index (χ1) is 8.50. The number of nitrogens with zero attached hydrogens (tertiary/aromatic N) is 4. The first-order valence-corrected chi connectivity index (χ1v) is 7.35. The summed E-state index contributed by atoms with van der Waals surface area (Å²) in [7, 11) is 1.77. The lowest BCUT2D eigenvalue weighted by molar-refractivity contribution is 0.631. The molecule has 1 aliphatic rings. The molecule has 0 atom stereocenters. The zero-order valence-corrected chi connectivity index (χ0v) is 12.5. The molecule has 2 heterocycles. The number of hydrogen-bond donors (Lipinski definition) is 1. The Hall–Kier alpha value is -0.750. The first kappa shape index (κ1) is 13.7. The molecule has 0 unspecified atom stereocenters. The molecular weight excluding hydrogens is 270 g/mol. The van der Waals surface area contributed by atoms with E-state index in [0.29, 0.717) is 16.6 Å². The van der Waals surface area contributed by atoms with Gasteiger partial charge in [0.05, 0.1) is 0 Å². The maximum atomic E-state index is 5.91. The summed E-state index contributed by atoms with van der Waals surface area (Å²) < 4.78 is 0.317. The van der Waals surface area contributed by atoms with Gasteiger partial charge in [-0.25, -0.2) is 0 Å². The number of halogens is 1. The van der Waals surface area contributed by atoms with Crippen LogP contribution in [0, 0.1) is 0 Å². The quantitative estimate of drug-likeness (QED) is 0.901. The zero-order chi connectivity index (χ0) is 13.2. The van der Waals surface area contributed by atoms with E-state index in [1.807, 2.05) is 11.8 Å². The van der Waals surface area contributed by atoms with E-state index < -0.39 is 0 Å². The summed E-state index contributed by atoms with van der Waals surface area (Å²) in [6.07, 6.45) is 1.11. The van der Waals surface area contributed by atoms with Crippen molar-refractivity contribution in [3.8, 4) is 0 Å². The SMILES string of the molecule is CNc1nc(Cl)nc(N2CCSC(C)(C)CC2)n1. The molecule has 0 aromatic carbocycles. The highest BCUT2D eigenvalue weighted by atomic mass is 35.5. The fourth-order valence-corrected chi connectivity index (χ4v) is 3.07. The van der Waals surface area contributed by atoms with E-state index in [2.05, 4.69) is 39.0 Å². The lowest BCUT2D eigenvalue weighted by Gasteiger charge is -2.22. The summed E-state index contributed by atoms with van der Waals surface area (Å²) >= 11 is 7.90. The molecule has 0 amide bonds. The molecule has 1 saturated heterocycles. The van der Waals surface area contributed by atoms with Gasteiger partial charge in [0.15, 0.2) is 0 Å². The van der Waals surface area contributed by atoms with Gasteiger partial charge in [0.1, 0.15) is 0 Å². The number of hydrogen-bond acceptors (Lipinski definition) is 6. The van der Waals surface area contributed by atoms with E-state index in [1.165, 1.54) is 0 Å². The molecule has 1 aromatic rings. The molecule has 1 fully saturated rings. The molecule has 1 N–H and O–H groups in total. The highest BCUT2D eigenvalue weighted by molar-refractivity contribution is 8.00. The molecule has 100 valence electrons. The molecule has 18 heavy (non-hydrogen) atoms. The number of aromatic nitrogens is 3. The Morgan fingerprint density at radius 1 is 1.28 bits per heavy atom. The average Bonchev–Trinajstić information content (AvgIpc) is 2.49. The van der Waals surface area contributed by atoms with Crippen molar-refractivity contribution >= 4 is 35.3 Å². The third-order valence-corrected chi connectivity index (χ3v) is 4.48. The van der Waals surface area contributed by atoms with Crippen molar-refractivity contribution in [1.29, 1.82) is 0 Å². The largest absolute Gasteiger partial charge is 0.357 e. The highest BCUT2D eigenvalue weighted by Gasteiger charge is 2.25. The van der Waals surface area contributed by atoms with E-state index >= 15 is 0 Å². The summed E-state index contributed by atoms with van der Waals surface area (Å²) in [5.74, 6) is 2.25. The van der Waals surface area contributed by atoms with E-state index in [-0.39, 0.29) is 5.28 Å². The molecule has 7 heteroatoms. The van der Waals surface area contributed by atoms with Gasteiger partial charge in [0.25, 0.3) is 0 Å². The Labute approximate surface area is 117 Å². The normalized spacial score (nSPS) is 19.4. The van der Waals surface area contributed by atoms with Gasteiger partial charge in [0.2, 0.25) is 17.2 Å². The Bertz CT molecular complexity index is 426. The maximum Gasteiger partial charge on any atom is 0.231 e. The van der Waals surface area contributed by atoms with Crippen LogP contribution in [0.4, 0.5) is 11.9 Å². The minimum atomic E-state index is 0.237. The van der Waals surface area contributed by atoms with Gasteiger partial charge >= 0.3 is 0 Å². The Kier molecular flexibility index (Phi) is 4.17. The summed E-state index contributed by atoms with van der Waals surface area (Å²) in [5, 5.41) is 3.14. The number of rotatable bonds is 2. The summed E-state index contributed by atoms with van der Waals surface area (Å²) in [6, 6.07) is 0. The maximum absolute atomic E-state index is 5.91. The molecule has 2 rings (SSSR count). The van der Waals surface area contributed by atoms with Crippen LogP contribution in [0.15, 0.2) is 0 Å². The minimum absolute atomic E-state index is 0.237. The van der Waals surface area contributed by atoms with Gasteiger partial charge in [-0.2, -0.15) is 26.7 Å². The second kappa shape index (κ2) is 5.48. The molecule has 0 radical (unpaired) electrons. The third-order valence-electron chi connectivity index (χ3n) is 2.94. The molecule has 0 aliphatic carbocycles. The van der Waals surface area contributed by atoms with E-state index in [4.69, 9.17) is 11.6 Å². The lowest BCUT2D eigenvalue weighted by Crippen LogP contribution is -2.29. The van der Waals surface area contributed by atoms with Crippen molar-refractivity contribution in [2.24, 2.45) is 0 Å². The Morgan fingerprint density at radius 2 is 2.06 bits per heavy atom. The molecule has 1 aromatic heterocycles. The van der Waals surface area contributed by atoms with Crippen molar-refractivity contribution in [1.82, 2.24) is 15.0 Å². The molecule has 1 aliphatic heterocycles. The van der Waals surface area contributed by atoms with Gasteiger partial charge in [-0.1, -0.05) is 13.8 Å². The Morgan fingerprint density at radius 3 is 2.78 bits per heavy atom. The number of anilines is 2. The van der Waals surface area contributed by atoms with Crippen LogP contribution in [0.1, 0.15) is 20.3 Å². The zero-order valence-electron chi connectivity index (χ0n) is 10.9. The predicted octanol–water partition coefficient (Wildman–Crippen LogP) is 2.29. The fraction of sp³-hybridized carbons (Fsp3) is 0.727. The Balaban J connectivity index is 2.18. The number of thioether (sulfide) groups is 1. The fourth-order valence-electron chi connectivity index (χ4n) is 1.81. The van der Waals surface area contributed by atoms with Gasteiger partial charge in [-0.15, -0.1) is 0 Å². The molecule has 5 nitrogen and oxygen atoms in total. The standard InChI is InChI=1S/C11H18ClN5S/c1-11(2)4-5-17(6-7-18-11)10-15-8(12)14-9(13-3)16-10/h4-7H2,1-3H3,(H,13,14,15,16). The molecule has 0 saturated carbocycles. The molecular formula is C11H18ClN5S. The molecule has 0 spiro atoms. The van der Waals surface area contributed by atoms with Crippen LogP contribution in [0.5, 0.6) is 0 Å². The monoisotopic (exact) mass is 287 g/mol. The topological polar surface area (TPSA) is 53.9 Å². The van der Waals surface area contributed by atoms with E-state index in [0.717, 1.165) is 25.3 Å². The third kappa shape index (κ3) is 3.38. The minimum Gasteiger partial charge on any atom is -0.357 e. The number of nitrogens with one attached hydrogen (secondary N) is 1. The van der Waals surface area contributed by atoms with E-state index in [9.17, 15) is 0 Å². The van der Waals surface area contributed by atoms with Crippen LogP contribution in [-0.4, -0.2) is 45.6 Å². The smallest absolute Gasteiger partial charge is 0.231 e. The van der Waals surface area contributed by atoms with Crippen LogP contribution >= 0.6 is 23.4 Å². The second-order valence-corrected chi connectivity index (χ2v) is 6.96. The van der Waals surface area contributed by atoms with Crippen LogP contribution in [0.3, 0.4) is 0 Å². The van der Waals surface area contributed by atoms with Crippen LogP contribution in [0.25, 0.3) is 0 Å². The summed E-state index contributed by atoms with van der Waals surface area (Å²) in [4.78, 5) is 14.8. The van der Waals surface area contributed by atoms with E-state index in [1.54, 1.807) is 7.05 Å². The van der Waals surface area contributed by atoms with Crippen molar-refractivity contribution in [2.75, 3.05) is 36.1 Å². The van der Waals surface area contributed by atoms with Crippen LogP contribution in [0.2, 0.25) is 5.28 Å². The predicted molar refractivity (Wildman–Crippen MR) is 77.8 cm³/mol. The van der Waals surface area contributed by atoms with Crippen LogP contribution in [-0.2, 0) is 0 Å². The highest BCUT2D eigenvalue weighted by Crippen LogP contribution is 2.31. The van der Waals surface area contributed by atoms with Crippen molar-refractivity contribution < 1.29 is 0 Å². The van der Waals surface area contributed by atoms with Crippen molar-refractivity contribution in [3.63, 3.8) is 0 Å². The van der Waals surface area contributed by atoms with Crippen molar-refractivity contribution in [2.45, 2.75) is 25.0 Å². The first-order valence-electron chi connectivity index (χ1n) is 5.98.